The Balaban J connectivity index is 2.10. The molecule has 2 aromatic rings. The highest BCUT2D eigenvalue weighted by Gasteiger charge is 2.28. The van der Waals surface area contributed by atoms with Gasteiger partial charge in [0.25, 0.3) is 5.91 Å². The summed E-state index contributed by atoms with van der Waals surface area (Å²) < 4.78 is 0.698. The number of amides is 2. The van der Waals surface area contributed by atoms with Gasteiger partial charge in [-0.15, -0.1) is 11.3 Å². The molecule has 2 amide bonds. The van der Waals surface area contributed by atoms with Gasteiger partial charge in [0.2, 0.25) is 5.91 Å². The third-order valence-corrected chi connectivity index (χ3v) is 5.22. The Hall–Kier alpha value is -1.85. The maximum absolute atomic E-state index is 12.8. The zero-order valence-corrected chi connectivity index (χ0v) is 16.4. The first-order valence-electron chi connectivity index (χ1n) is 8.15. The molecule has 0 aliphatic carbocycles. The Labute approximate surface area is 157 Å². The Bertz CT molecular complexity index is 757. The highest BCUT2D eigenvalue weighted by molar-refractivity contribution is 7.16. The van der Waals surface area contributed by atoms with Crippen molar-refractivity contribution in [3.63, 3.8) is 0 Å². The largest absolute Gasteiger partial charge is 0.340 e. The molecule has 2 rings (SSSR count). The molecule has 1 aromatic carbocycles. The van der Waals surface area contributed by atoms with Gasteiger partial charge in [-0.1, -0.05) is 43.6 Å². The van der Waals surface area contributed by atoms with Crippen molar-refractivity contribution in [1.82, 2.24) is 10.2 Å². The van der Waals surface area contributed by atoms with Crippen LogP contribution in [0.5, 0.6) is 0 Å². The molecular formula is C19H23ClN2O2S. The summed E-state index contributed by atoms with van der Waals surface area (Å²) in [7, 11) is 1.74. The summed E-state index contributed by atoms with van der Waals surface area (Å²) in [5, 5.41) is 2.89. The lowest BCUT2D eigenvalue weighted by molar-refractivity contribution is -0.133. The molecule has 1 aromatic heterocycles. The SMILES string of the molecule is Cc1ccccc1C(=O)NC(C(=O)N(C)Cc1ccc(Cl)s1)C(C)C. The number of nitrogens with one attached hydrogen (secondary N) is 1. The monoisotopic (exact) mass is 378 g/mol. The molecule has 1 unspecified atom stereocenters. The minimum atomic E-state index is -0.576. The molecule has 0 saturated carbocycles. The van der Waals surface area contributed by atoms with Crippen LogP contribution >= 0.6 is 22.9 Å². The predicted molar refractivity (Wildman–Crippen MR) is 103 cm³/mol. The number of hydrogen-bond acceptors (Lipinski definition) is 3. The predicted octanol–water partition coefficient (Wildman–Crippen LogP) is 4.12. The second-order valence-corrected chi connectivity index (χ2v) is 8.21. The summed E-state index contributed by atoms with van der Waals surface area (Å²) in [4.78, 5) is 28.0. The molecule has 0 spiro atoms. The molecule has 0 aliphatic rings. The van der Waals surface area contributed by atoms with E-state index < -0.39 is 6.04 Å². The van der Waals surface area contributed by atoms with Gasteiger partial charge in [0.1, 0.15) is 6.04 Å². The maximum atomic E-state index is 12.8. The van der Waals surface area contributed by atoms with Crippen LogP contribution in [-0.2, 0) is 11.3 Å². The fourth-order valence-electron chi connectivity index (χ4n) is 2.55. The molecule has 4 nitrogen and oxygen atoms in total. The number of halogens is 1. The van der Waals surface area contributed by atoms with E-state index in [1.165, 1.54) is 11.3 Å². The van der Waals surface area contributed by atoms with Gasteiger partial charge in [-0.05, 0) is 36.6 Å². The number of carbonyl (C=O) groups is 2. The van der Waals surface area contributed by atoms with Crippen LogP contribution in [0.4, 0.5) is 0 Å². The van der Waals surface area contributed by atoms with Gasteiger partial charge in [0, 0.05) is 17.5 Å². The third kappa shape index (κ3) is 5.06. The number of nitrogens with zero attached hydrogens (tertiary/aromatic N) is 1. The van der Waals surface area contributed by atoms with Crippen molar-refractivity contribution in [3.8, 4) is 0 Å². The number of benzene rings is 1. The lowest BCUT2D eigenvalue weighted by atomic mass is 10.0. The van der Waals surface area contributed by atoms with Crippen molar-refractivity contribution in [2.24, 2.45) is 5.92 Å². The summed E-state index contributed by atoms with van der Waals surface area (Å²) in [6.45, 7) is 6.21. The van der Waals surface area contributed by atoms with E-state index in [0.29, 0.717) is 16.4 Å². The molecule has 0 bridgehead atoms. The topological polar surface area (TPSA) is 49.4 Å². The zero-order chi connectivity index (χ0) is 18.6. The first kappa shape index (κ1) is 19.5. The Morgan fingerprint density at radius 3 is 2.44 bits per heavy atom. The summed E-state index contributed by atoms with van der Waals surface area (Å²) in [6.07, 6.45) is 0. The Morgan fingerprint density at radius 1 is 1.20 bits per heavy atom. The van der Waals surface area contributed by atoms with Crippen LogP contribution in [0, 0.1) is 12.8 Å². The molecule has 6 heteroatoms. The second kappa shape index (κ2) is 8.50. The molecule has 134 valence electrons. The van der Waals surface area contributed by atoms with Gasteiger partial charge in [-0.3, -0.25) is 9.59 Å². The average Bonchev–Trinajstić information content (AvgIpc) is 2.96. The van der Waals surface area contributed by atoms with Gasteiger partial charge < -0.3 is 10.2 Å². The van der Waals surface area contributed by atoms with Crippen LogP contribution in [0.2, 0.25) is 4.34 Å². The Kier molecular flexibility index (Phi) is 6.62. The first-order chi connectivity index (χ1) is 11.8. The highest BCUT2D eigenvalue weighted by Crippen LogP contribution is 2.23. The summed E-state index contributed by atoms with van der Waals surface area (Å²) >= 11 is 7.40. The number of likely N-dealkylation sites (N-methyl/N-ethyl adjacent to an activating group) is 1. The van der Waals surface area contributed by atoms with Gasteiger partial charge in [0.15, 0.2) is 0 Å². The van der Waals surface area contributed by atoms with Crippen molar-refractivity contribution in [2.45, 2.75) is 33.4 Å². The van der Waals surface area contributed by atoms with Gasteiger partial charge in [-0.25, -0.2) is 0 Å². The van der Waals surface area contributed by atoms with Gasteiger partial charge >= 0.3 is 0 Å². The number of carbonyl (C=O) groups excluding carboxylic acids is 2. The number of hydrogen-bond donors (Lipinski definition) is 1. The molecule has 0 aliphatic heterocycles. The molecule has 0 radical (unpaired) electrons. The molecule has 1 N–H and O–H groups in total. The van der Waals surface area contributed by atoms with E-state index in [0.717, 1.165) is 10.4 Å². The molecule has 0 saturated heterocycles. The van der Waals surface area contributed by atoms with E-state index in [1.807, 2.05) is 51.1 Å². The van der Waals surface area contributed by atoms with Crippen molar-refractivity contribution >= 4 is 34.8 Å². The minimum absolute atomic E-state index is 0.0187. The van der Waals surface area contributed by atoms with Crippen molar-refractivity contribution < 1.29 is 9.59 Å². The van der Waals surface area contributed by atoms with Crippen molar-refractivity contribution in [2.75, 3.05) is 7.05 Å². The molecule has 1 heterocycles. The third-order valence-electron chi connectivity index (χ3n) is 4.01. The highest BCUT2D eigenvalue weighted by atomic mass is 35.5. The van der Waals surface area contributed by atoms with Crippen LogP contribution in [0.3, 0.4) is 0 Å². The standard InChI is InChI=1S/C19H23ClN2O2S/c1-12(2)17(21-18(23)15-8-6-5-7-13(15)3)19(24)22(4)11-14-9-10-16(20)25-14/h5-10,12,17H,11H2,1-4H3,(H,21,23). The maximum Gasteiger partial charge on any atom is 0.252 e. The molecule has 25 heavy (non-hydrogen) atoms. The average molecular weight is 379 g/mol. The second-order valence-electron chi connectivity index (χ2n) is 6.41. The minimum Gasteiger partial charge on any atom is -0.340 e. The number of rotatable bonds is 6. The normalized spacial score (nSPS) is 12.1. The zero-order valence-electron chi connectivity index (χ0n) is 14.9. The number of thiophene rings is 1. The summed E-state index contributed by atoms with van der Waals surface area (Å²) in [5.74, 6) is -0.353. The van der Waals surface area contributed by atoms with Gasteiger partial charge in [-0.2, -0.15) is 0 Å². The van der Waals surface area contributed by atoms with Crippen molar-refractivity contribution in [1.29, 1.82) is 0 Å². The van der Waals surface area contributed by atoms with Crippen LogP contribution in [0.25, 0.3) is 0 Å². The van der Waals surface area contributed by atoms with E-state index in [4.69, 9.17) is 11.6 Å². The fourth-order valence-corrected chi connectivity index (χ4v) is 3.69. The molecular weight excluding hydrogens is 356 g/mol. The smallest absolute Gasteiger partial charge is 0.252 e. The summed E-state index contributed by atoms with van der Waals surface area (Å²) in [5.41, 5.74) is 1.48. The van der Waals surface area contributed by atoms with E-state index in [2.05, 4.69) is 5.32 Å². The van der Waals surface area contributed by atoms with Crippen molar-refractivity contribution in [3.05, 3.63) is 56.7 Å². The first-order valence-corrected chi connectivity index (χ1v) is 9.34. The quantitative estimate of drug-likeness (QED) is 0.821. The van der Waals surface area contributed by atoms with E-state index in [1.54, 1.807) is 18.0 Å². The van der Waals surface area contributed by atoms with E-state index >= 15 is 0 Å². The molecule has 1 atom stereocenters. The Morgan fingerprint density at radius 2 is 1.88 bits per heavy atom. The van der Waals surface area contributed by atoms with Crippen LogP contribution in [0.1, 0.15) is 34.6 Å². The van der Waals surface area contributed by atoms with E-state index in [9.17, 15) is 9.59 Å². The lowest BCUT2D eigenvalue weighted by Crippen LogP contribution is -2.50. The van der Waals surface area contributed by atoms with Crippen LogP contribution in [0.15, 0.2) is 36.4 Å². The summed E-state index contributed by atoms with van der Waals surface area (Å²) in [6, 6.07) is 10.5. The fraction of sp³-hybridized carbons (Fsp3) is 0.368. The lowest BCUT2D eigenvalue weighted by Gasteiger charge is -2.27. The van der Waals surface area contributed by atoms with E-state index in [-0.39, 0.29) is 17.7 Å². The molecule has 0 fully saturated rings. The van der Waals surface area contributed by atoms with Gasteiger partial charge in [0.05, 0.1) is 10.9 Å². The van der Waals surface area contributed by atoms with Crippen LogP contribution < -0.4 is 5.32 Å². The number of aryl methyl sites for hydroxylation is 1. The van der Waals surface area contributed by atoms with Crippen LogP contribution in [-0.4, -0.2) is 29.8 Å².